The van der Waals surface area contributed by atoms with Gasteiger partial charge in [0.15, 0.2) is 0 Å². The van der Waals surface area contributed by atoms with Crippen molar-refractivity contribution >= 4 is 40.1 Å². The second kappa shape index (κ2) is 8.19. The number of nitrogens with one attached hydrogen (secondary N) is 1. The first-order valence-corrected chi connectivity index (χ1v) is 9.55. The molecule has 1 amide bonds. The highest BCUT2D eigenvalue weighted by molar-refractivity contribution is 6.34. The van der Waals surface area contributed by atoms with E-state index < -0.39 is 11.9 Å². The number of rotatable bonds is 5. The Bertz CT molecular complexity index is 1180. The molecule has 0 fully saturated rings. The van der Waals surface area contributed by atoms with E-state index in [1.165, 1.54) is 24.3 Å². The summed E-state index contributed by atoms with van der Waals surface area (Å²) >= 11 is 12.0. The number of amides is 1. The van der Waals surface area contributed by atoms with Crippen LogP contribution in [0, 0.1) is 5.82 Å². The second-order valence-electron chi connectivity index (χ2n) is 6.43. The zero-order chi connectivity index (χ0) is 20.4. The van der Waals surface area contributed by atoms with E-state index in [0.717, 1.165) is 16.6 Å². The van der Waals surface area contributed by atoms with Crippen LogP contribution in [0.15, 0.2) is 67.0 Å². The van der Waals surface area contributed by atoms with Crippen LogP contribution in [0.3, 0.4) is 0 Å². The van der Waals surface area contributed by atoms with E-state index in [1.807, 2.05) is 28.8 Å². The van der Waals surface area contributed by atoms with E-state index in [0.29, 0.717) is 6.54 Å². The molecule has 1 N–H and O–H groups in total. The number of nitrogens with zero attached hydrogens (tertiary/aromatic N) is 3. The van der Waals surface area contributed by atoms with Gasteiger partial charge in [0.05, 0.1) is 28.4 Å². The molecule has 4 rings (SSSR count). The molecule has 8 heteroatoms. The van der Waals surface area contributed by atoms with Gasteiger partial charge >= 0.3 is 0 Å². The van der Waals surface area contributed by atoms with Gasteiger partial charge < -0.3 is 9.88 Å². The van der Waals surface area contributed by atoms with Gasteiger partial charge in [0.25, 0.3) is 5.91 Å². The number of hydrogen-bond donors (Lipinski definition) is 1. The molecular formula is C21H15Cl2FN4O. The molecule has 0 bridgehead atoms. The van der Waals surface area contributed by atoms with Crippen molar-refractivity contribution < 1.29 is 9.18 Å². The fraction of sp³-hybridized carbons (Fsp3) is 0.0952. The fourth-order valence-electron chi connectivity index (χ4n) is 3.09. The lowest BCUT2D eigenvalue weighted by Crippen LogP contribution is -2.32. The Balaban J connectivity index is 1.67. The number of fused-ring (bicyclic) bond motifs is 1. The zero-order valence-electron chi connectivity index (χ0n) is 15.0. The maximum Gasteiger partial charge on any atom is 0.272 e. The summed E-state index contributed by atoms with van der Waals surface area (Å²) in [7, 11) is 0. The smallest absolute Gasteiger partial charge is 0.272 e. The van der Waals surface area contributed by atoms with Crippen LogP contribution in [-0.4, -0.2) is 20.4 Å². The Hall–Kier alpha value is -2.96. The molecule has 1 atom stereocenters. The summed E-state index contributed by atoms with van der Waals surface area (Å²) < 4.78 is 15.3. The fourth-order valence-corrected chi connectivity index (χ4v) is 3.42. The molecule has 0 aliphatic rings. The number of hydrogen-bond acceptors (Lipinski definition) is 3. The number of aromatic nitrogens is 3. The molecule has 146 valence electrons. The van der Waals surface area contributed by atoms with Crippen LogP contribution in [0.5, 0.6) is 0 Å². The van der Waals surface area contributed by atoms with Crippen LogP contribution in [0.25, 0.3) is 11.0 Å². The molecule has 29 heavy (non-hydrogen) atoms. The molecule has 0 spiro atoms. The highest BCUT2D eigenvalue weighted by atomic mass is 35.5. The van der Waals surface area contributed by atoms with Crippen molar-refractivity contribution in [1.82, 2.24) is 19.9 Å². The van der Waals surface area contributed by atoms with Gasteiger partial charge in [0.2, 0.25) is 0 Å². The van der Waals surface area contributed by atoms with Crippen molar-refractivity contribution in [3.05, 3.63) is 94.2 Å². The van der Waals surface area contributed by atoms with Crippen LogP contribution in [-0.2, 0) is 6.54 Å². The van der Waals surface area contributed by atoms with Crippen LogP contribution in [0.2, 0.25) is 10.2 Å². The van der Waals surface area contributed by atoms with Gasteiger partial charge in [0.1, 0.15) is 16.7 Å². The van der Waals surface area contributed by atoms with E-state index in [4.69, 9.17) is 23.2 Å². The summed E-state index contributed by atoms with van der Waals surface area (Å²) in [6.07, 6.45) is 1.71. The van der Waals surface area contributed by atoms with Crippen LogP contribution in [0.4, 0.5) is 4.39 Å². The molecule has 0 aliphatic heterocycles. The summed E-state index contributed by atoms with van der Waals surface area (Å²) in [5.74, 6) is -0.831. The average molecular weight is 429 g/mol. The number of pyridine rings is 1. The number of carbonyl (C=O) groups is 1. The Morgan fingerprint density at radius 3 is 2.62 bits per heavy atom. The minimum absolute atomic E-state index is 0.0294. The van der Waals surface area contributed by atoms with Gasteiger partial charge in [-0.2, -0.15) is 0 Å². The van der Waals surface area contributed by atoms with E-state index in [1.54, 1.807) is 18.5 Å². The normalized spacial score (nSPS) is 12.1. The monoisotopic (exact) mass is 428 g/mol. The maximum atomic E-state index is 13.4. The predicted octanol–water partition coefficient (Wildman–Crippen LogP) is 5.05. The summed E-state index contributed by atoms with van der Waals surface area (Å²) in [5.41, 5.74) is 2.53. The minimum Gasteiger partial charge on any atom is -0.342 e. The Kier molecular flexibility index (Phi) is 5.47. The predicted molar refractivity (Wildman–Crippen MR) is 111 cm³/mol. The first-order valence-electron chi connectivity index (χ1n) is 8.79. The lowest BCUT2D eigenvalue weighted by molar-refractivity contribution is 0.0928. The highest BCUT2D eigenvalue weighted by Gasteiger charge is 2.20. The molecular weight excluding hydrogens is 414 g/mol. The molecule has 5 nitrogen and oxygen atoms in total. The summed E-state index contributed by atoms with van der Waals surface area (Å²) in [4.78, 5) is 21.2. The van der Waals surface area contributed by atoms with Crippen molar-refractivity contribution in [3.63, 3.8) is 0 Å². The molecule has 1 unspecified atom stereocenters. The molecule has 0 radical (unpaired) electrons. The topological polar surface area (TPSA) is 59.8 Å². The van der Waals surface area contributed by atoms with Crippen molar-refractivity contribution in [1.29, 1.82) is 0 Å². The molecule has 2 heterocycles. The summed E-state index contributed by atoms with van der Waals surface area (Å²) in [6, 6.07) is 16.2. The third kappa shape index (κ3) is 4.23. The van der Waals surface area contributed by atoms with Gasteiger partial charge in [-0.15, -0.1) is 0 Å². The Morgan fingerprint density at radius 1 is 1.07 bits per heavy atom. The van der Waals surface area contributed by atoms with Crippen LogP contribution < -0.4 is 5.32 Å². The number of benzene rings is 2. The Labute approximate surface area is 176 Å². The molecule has 0 saturated carbocycles. The van der Waals surface area contributed by atoms with Crippen molar-refractivity contribution in [2.24, 2.45) is 0 Å². The van der Waals surface area contributed by atoms with Crippen molar-refractivity contribution in [2.75, 3.05) is 0 Å². The second-order valence-corrected chi connectivity index (χ2v) is 7.22. The van der Waals surface area contributed by atoms with Gasteiger partial charge in [-0.3, -0.25) is 4.79 Å². The standard InChI is InChI=1S/C21H15Cl2FN4O/c22-15-9-10-19(23)27-20(15)21(29)26-17(13-5-7-14(24)8-6-13)11-28-12-25-16-3-1-2-4-18(16)28/h1-10,12,17H,11H2,(H,26,29). The molecule has 0 aliphatic carbocycles. The minimum atomic E-state index is -0.476. The third-order valence-electron chi connectivity index (χ3n) is 4.51. The zero-order valence-corrected chi connectivity index (χ0v) is 16.5. The molecule has 2 aromatic carbocycles. The van der Waals surface area contributed by atoms with Crippen molar-refractivity contribution in [2.45, 2.75) is 12.6 Å². The molecule has 4 aromatic rings. The quantitative estimate of drug-likeness (QED) is 0.452. The first kappa shape index (κ1) is 19.4. The van der Waals surface area contributed by atoms with Gasteiger partial charge in [0, 0.05) is 6.54 Å². The first-order chi connectivity index (χ1) is 14.0. The summed E-state index contributed by atoms with van der Waals surface area (Å²) in [5, 5.41) is 3.28. The highest BCUT2D eigenvalue weighted by Crippen LogP contribution is 2.22. The molecule has 0 saturated heterocycles. The number of carbonyl (C=O) groups excluding carboxylic acids is 1. The van der Waals surface area contributed by atoms with E-state index in [2.05, 4.69) is 15.3 Å². The number of imidazole rings is 1. The van der Waals surface area contributed by atoms with E-state index in [-0.39, 0.29) is 21.7 Å². The van der Waals surface area contributed by atoms with Crippen molar-refractivity contribution in [3.8, 4) is 0 Å². The summed E-state index contributed by atoms with van der Waals surface area (Å²) in [6.45, 7) is 0.385. The van der Waals surface area contributed by atoms with Crippen LogP contribution >= 0.6 is 23.2 Å². The number of para-hydroxylation sites is 2. The Morgan fingerprint density at radius 2 is 1.83 bits per heavy atom. The van der Waals surface area contributed by atoms with Gasteiger partial charge in [-0.05, 0) is 42.0 Å². The molecule has 2 aromatic heterocycles. The lowest BCUT2D eigenvalue weighted by atomic mass is 10.1. The third-order valence-corrected chi connectivity index (χ3v) is 5.03. The van der Waals surface area contributed by atoms with Crippen LogP contribution in [0.1, 0.15) is 22.1 Å². The van der Waals surface area contributed by atoms with E-state index in [9.17, 15) is 9.18 Å². The SMILES string of the molecule is O=C(NC(Cn1cnc2ccccc21)c1ccc(F)cc1)c1nc(Cl)ccc1Cl. The average Bonchev–Trinajstić information content (AvgIpc) is 3.13. The maximum absolute atomic E-state index is 13.4. The largest absolute Gasteiger partial charge is 0.342 e. The van der Waals surface area contributed by atoms with Gasteiger partial charge in [-0.1, -0.05) is 47.5 Å². The lowest BCUT2D eigenvalue weighted by Gasteiger charge is -2.20. The van der Waals surface area contributed by atoms with E-state index >= 15 is 0 Å². The number of halogens is 3. The van der Waals surface area contributed by atoms with Gasteiger partial charge in [-0.25, -0.2) is 14.4 Å².